The summed E-state index contributed by atoms with van der Waals surface area (Å²) in [6, 6.07) is 0.569. The Balaban J connectivity index is 2.92. The highest BCUT2D eigenvalue weighted by molar-refractivity contribution is 5.98. The van der Waals surface area contributed by atoms with Gasteiger partial charge in [-0.2, -0.15) is 0 Å². The summed E-state index contributed by atoms with van der Waals surface area (Å²) in [5.74, 6) is -5.70. The number of nitrogens with one attached hydrogen (secondary N) is 2. The Hall–Kier alpha value is -2.55. The Bertz CT molecular complexity index is 646. The molecule has 1 aromatic rings. The first-order chi connectivity index (χ1) is 12.2. The molecule has 144 valence electrons. The molecule has 0 saturated carbocycles. The van der Waals surface area contributed by atoms with E-state index in [9.17, 15) is 23.2 Å². The van der Waals surface area contributed by atoms with Gasteiger partial charge < -0.3 is 20.5 Å². The zero-order chi connectivity index (χ0) is 19.9. The zero-order valence-corrected chi connectivity index (χ0v) is 14.7. The number of carbonyl (C=O) groups excluding carboxylic acids is 2. The van der Waals surface area contributed by atoms with Gasteiger partial charge in [-0.1, -0.05) is 19.9 Å². The van der Waals surface area contributed by atoms with Gasteiger partial charge in [0.1, 0.15) is 29.3 Å². The molecule has 2 atom stereocenters. The quantitative estimate of drug-likeness (QED) is 0.607. The van der Waals surface area contributed by atoms with Crippen molar-refractivity contribution in [1.82, 2.24) is 10.6 Å². The van der Waals surface area contributed by atoms with Crippen molar-refractivity contribution in [2.75, 3.05) is 13.7 Å². The smallest absolute Gasteiger partial charge is 0.326 e. The third kappa shape index (κ3) is 5.76. The number of aliphatic carboxylic acids is 1. The van der Waals surface area contributed by atoms with Crippen LogP contribution in [0.4, 0.5) is 8.78 Å². The van der Waals surface area contributed by atoms with Gasteiger partial charge in [-0.05, 0) is 18.1 Å². The predicted molar refractivity (Wildman–Crippen MR) is 88.5 cm³/mol. The lowest BCUT2D eigenvalue weighted by atomic mass is 10.0. The second-order valence-electron chi connectivity index (χ2n) is 5.97. The monoisotopic (exact) mass is 372 g/mol. The van der Waals surface area contributed by atoms with Gasteiger partial charge >= 0.3 is 5.97 Å². The topological polar surface area (TPSA) is 105 Å². The van der Waals surface area contributed by atoms with E-state index in [4.69, 9.17) is 9.84 Å². The molecule has 0 aliphatic heterocycles. The standard InChI is InChI=1S/C17H22F2N2O5/c1-9(2)14(16(23)20-12(17(24)25)7-8-26-3)21-15(22)13-10(18)5-4-6-11(13)19/h4-6,9,12,14H,7-8H2,1-3H3,(H,20,23)(H,21,22)(H,24,25). The number of benzene rings is 1. The average molecular weight is 372 g/mol. The summed E-state index contributed by atoms with van der Waals surface area (Å²) < 4.78 is 32.2. The molecule has 1 aromatic carbocycles. The Labute approximate surface area is 149 Å². The van der Waals surface area contributed by atoms with E-state index in [1.807, 2.05) is 0 Å². The van der Waals surface area contributed by atoms with Crippen LogP contribution >= 0.6 is 0 Å². The van der Waals surface area contributed by atoms with Gasteiger partial charge in [0, 0.05) is 20.1 Å². The molecule has 0 spiro atoms. The molecule has 0 aliphatic carbocycles. The molecule has 0 fully saturated rings. The van der Waals surface area contributed by atoms with Gasteiger partial charge in [0.25, 0.3) is 5.91 Å². The van der Waals surface area contributed by atoms with Crippen LogP contribution in [-0.2, 0) is 14.3 Å². The van der Waals surface area contributed by atoms with E-state index in [1.165, 1.54) is 7.11 Å². The molecular weight excluding hydrogens is 350 g/mol. The number of hydrogen-bond donors (Lipinski definition) is 3. The highest BCUT2D eigenvalue weighted by Crippen LogP contribution is 2.13. The maximum Gasteiger partial charge on any atom is 0.326 e. The second kappa shape index (κ2) is 9.81. The average Bonchev–Trinajstić information content (AvgIpc) is 2.55. The van der Waals surface area contributed by atoms with Gasteiger partial charge in [-0.25, -0.2) is 13.6 Å². The molecule has 0 aliphatic rings. The van der Waals surface area contributed by atoms with Crippen LogP contribution in [-0.4, -0.2) is 48.7 Å². The number of carbonyl (C=O) groups is 3. The minimum absolute atomic E-state index is 0.0261. The summed E-state index contributed by atoms with van der Waals surface area (Å²) in [6.07, 6.45) is 0.0261. The van der Waals surface area contributed by atoms with Gasteiger partial charge in [0.15, 0.2) is 0 Å². The molecule has 7 nitrogen and oxygen atoms in total. The maximum absolute atomic E-state index is 13.7. The van der Waals surface area contributed by atoms with E-state index in [0.29, 0.717) is 0 Å². The lowest BCUT2D eigenvalue weighted by Crippen LogP contribution is -2.54. The molecule has 1 rings (SSSR count). The van der Waals surface area contributed by atoms with Crippen LogP contribution in [0.5, 0.6) is 0 Å². The molecule has 3 N–H and O–H groups in total. The third-order valence-corrected chi connectivity index (χ3v) is 3.65. The Kier molecular flexibility index (Phi) is 8.11. The Morgan fingerprint density at radius 1 is 1.15 bits per heavy atom. The second-order valence-corrected chi connectivity index (χ2v) is 5.97. The molecular formula is C17H22F2N2O5. The number of carboxylic acids is 1. The van der Waals surface area contributed by atoms with Crippen LogP contribution in [0, 0.1) is 17.6 Å². The number of methoxy groups -OCH3 is 1. The number of halogens is 2. The Morgan fingerprint density at radius 2 is 1.73 bits per heavy atom. The van der Waals surface area contributed by atoms with Crippen LogP contribution in [0.3, 0.4) is 0 Å². The van der Waals surface area contributed by atoms with E-state index >= 15 is 0 Å². The van der Waals surface area contributed by atoms with Crippen LogP contribution in [0.1, 0.15) is 30.6 Å². The largest absolute Gasteiger partial charge is 0.480 e. The molecule has 0 aromatic heterocycles. The first kappa shape index (κ1) is 21.5. The van der Waals surface area contributed by atoms with Crippen molar-refractivity contribution in [3.63, 3.8) is 0 Å². The fraction of sp³-hybridized carbons (Fsp3) is 0.471. The summed E-state index contributed by atoms with van der Waals surface area (Å²) in [4.78, 5) is 35.8. The molecule has 26 heavy (non-hydrogen) atoms. The molecule has 2 amide bonds. The lowest BCUT2D eigenvalue weighted by molar-refractivity contribution is -0.142. The number of carboxylic acid groups (broad SMARTS) is 1. The Morgan fingerprint density at radius 3 is 2.19 bits per heavy atom. The number of ether oxygens (including phenoxy) is 1. The van der Waals surface area contributed by atoms with Crippen molar-refractivity contribution in [3.8, 4) is 0 Å². The highest BCUT2D eigenvalue weighted by atomic mass is 19.1. The molecule has 0 saturated heterocycles. The van der Waals surface area contributed by atoms with Gasteiger partial charge in [0.05, 0.1) is 0 Å². The first-order valence-corrected chi connectivity index (χ1v) is 7.96. The third-order valence-electron chi connectivity index (χ3n) is 3.65. The van der Waals surface area contributed by atoms with Crippen molar-refractivity contribution in [3.05, 3.63) is 35.4 Å². The van der Waals surface area contributed by atoms with Crippen molar-refractivity contribution < 1.29 is 33.0 Å². The summed E-state index contributed by atoms with van der Waals surface area (Å²) in [5, 5.41) is 13.7. The zero-order valence-electron chi connectivity index (χ0n) is 14.7. The van der Waals surface area contributed by atoms with Crippen LogP contribution in [0.2, 0.25) is 0 Å². The van der Waals surface area contributed by atoms with Gasteiger partial charge in [0.2, 0.25) is 5.91 Å². The summed E-state index contributed by atoms with van der Waals surface area (Å²) in [6.45, 7) is 3.32. The molecule has 0 bridgehead atoms. The lowest BCUT2D eigenvalue weighted by Gasteiger charge is -2.24. The molecule has 2 unspecified atom stereocenters. The summed E-state index contributed by atoms with van der Waals surface area (Å²) in [5.41, 5.74) is -0.805. The molecule has 0 heterocycles. The minimum Gasteiger partial charge on any atom is -0.480 e. The number of amides is 2. The first-order valence-electron chi connectivity index (χ1n) is 7.96. The van der Waals surface area contributed by atoms with E-state index in [2.05, 4.69) is 10.6 Å². The molecule has 9 heteroatoms. The molecule has 0 radical (unpaired) electrons. The normalized spacial score (nSPS) is 13.2. The van der Waals surface area contributed by atoms with Crippen molar-refractivity contribution in [2.24, 2.45) is 5.92 Å². The van der Waals surface area contributed by atoms with E-state index in [0.717, 1.165) is 18.2 Å². The van der Waals surface area contributed by atoms with Crippen molar-refractivity contribution in [2.45, 2.75) is 32.4 Å². The van der Waals surface area contributed by atoms with Gasteiger partial charge in [-0.3, -0.25) is 9.59 Å². The number of rotatable bonds is 9. The highest BCUT2D eigenvalue weighted by Gasteiger charge is 2.30. The number of hydrogen-bond acceptors (Lipinski definition) is 4. The maximum atomic E-state index is 13.7. The van der Waals surface area contributed by atoms with E-state index < -0.39 is 53.0 Å². The minimum atomic E-state index is -1.26. The van der Waals surface area contributed by atoms with Crippen LogP contribution in [0.15, 0.2) is 18.2 Å². The fourth-order valence-electron chi connectivity index (χ4n) is 2.22. The summed E-state index contributed by atoms with van der Waals surface area (Å²) in [7, 11) is 1.39. The predicted octanol–water partition coefficient (Wildman–Crippen LogP) is 1.33. The van der Waals surface area contributed by atoms with Crippen molar-refractivity contribution in [1.29, 1.82) is 0 Å². The SMILES string of the molecule is COCCC(NC(=O)C(NC(=O)c1c(F)cccc1F)C(C)C)C(=O)O. The summed E-state index contributed by atoms with van der Waals surface area (Å²) >= 11 is 0. The van der Waals surface area contributed by atoms with E-state index in [-0.39, 0.29) is 13.0 Å². The fourth-order valence-corrected chi connectivity index (χ4v) is 2.22. The van der Waals surface area contributed by atoms with Crippen LogP contribution < -0.4 is 10.6 Å². The van der Waals surface area contributed by atoms with Crippen LogP contribution in [0.25, 0.3) is 0 Å². The van der Waals surface area contributed by atoms with Crippen molar-refractivity contribution >= 4 is 17.8 Å². The van der Waals surface area contributed by atoms with Gasteiger partial charge in [-0.15, -0.1) is 0 Å². The van der Waals surface area contributed by atoms with E-state index in [1.54, 1.807) is 13.8 Å².